The average Bonchev–Trinajstić information content (AvgIpc) is 3.08. The Morgan fingerprint density at radius 1 is 0.809 bits per heavy atom. The average molecular weight is 662 g/mol. The van der Waals surface area contributed by atoms with E-state index in [1.54, 1.807) is 30.3 Å². The molecule has 0 saturated heterocycles. The zero-order valence-corrected chi connectivity index (χ0v) is 27.7. The van der Waals surface area contributed by atoms with Crippen molar-refractivity contribution >= 4 is 27.5 Å². The Hall–Kier alpha value is -4.90. The molecule has 4 aromatic carbocycles. The highest BCUT2D eigenvalue weighted by Crippen LogP contribution is 2.32. The predicted octanol–water partition coefficient (Wildman–Crippen LogP) is 5.45. The third-order valence-corrected chi connectivity index (χ3v) is 9.26. The number of methoxy groups -OCH3 is 2. The van der Waals surface area contributed by atoms with Crippen LogP contribution in [0.5, 0.6) is 11.5 Å². The topological polar surface area (TPSA) is 105 Å². The van der Waals surface area contributed by atoms with Crippen LogP contribution in [0.25, 0.3) is 0 Å². The largest absolute Gasteiger partial charge is 0.493 e. The fourth-order valence-electron chi connectivity index (χ4n) is 4.99. The molecule has 0 spiro atoms. The number of benzene rings is 4. The zero-order chi connectivity index (χ0) is 34.0. The molecule has 0 bridgehead atoms. The van der Waals surface area contributed by atoms with Gasteiger partial charge in [-0.15, -0.1) is 0 Å². The van der Waals surface area contributed by atoms with Gasteiger partial charge in [-0.3, -0.25) is 13.9 Å². The van der Waals surface area contributed by atoms with Crippen molar-refractivity contribution in [2.24, 2.45) is 5.92 Å². The molecule has 0 aromatic heterocycles. The molecular formula is C36H40FN3O6S. The number of hydrogen-bond donors (Lipinski definition) is 1. The molecule has 0 saturated carbocycles. The van der Waals surface area contributed by atoms with E-state index in [4.69, 9.17) is 9.47 Å². The quantitative estimate of drug-likeness (QED) is 0.182. The van der Waals surface area contributed by atoms with E-state index in [0.29, 0.717) is 17.9 Å². The number of carbonyl (C=O) groups excluding carboxylic acids is 2. The number of hydrogen-bond acceptors (Lipinski definition) is 6. The van der Waals surface area contributed by atoms with Gasteiger partial charge in [0.2, 0.25) is 11.8 Å². The maximum atomic E-state index is 14.5. The van der Waals surface area contributed by atoms with E-state index in [0.717, 1.165) is 9.87 Å². The van der Waals surface area contributed by atoms with Crippen LogP contribution >= 0.6 is 0 Å². The van der Waals surface area contributed by atoms with E-state index >= 15 is 0 Å². The Bertz CT molecular complexity index is 1740. The summed E-state index contributed by atoms with van der Waals surface area (Å²) in [5, 5.41) is 2.95. The summed E-state index contributed by atoms with van der Waals surface area (Å²) in [4.78, 5) is 29.6. The molecule has 0 unspecified atom stereocenters. The van der Waals surface area contributed by atoms with Gasteiger partial charge >= 0.3 is 0 Å². The number of nitrogens with one attached hydrogen (secondary N) is 1. The molecule has 4 rings (SSSR count). The van der Waals surface area contributed by atoms with Crippen molar-refractivity contribution in [3.8, 4) is 11.5 Å². The normalized spacial score (nSPS) is 11.9. The maximum Gasteiger partial charge on any atom is 0.264 e. The first kappa shape index (κ1) is 35.0. The molecular weight excluding hydrogens is 621 g/mol. The molecule has 2 amide bonds. The number of amides is 2. The third-order valence-electron chi connectivity index (χ3n) is 7.49. The first-order valence-electron chi connectivity index (χ1n) is 15.2. The van der Waals surface area contributed by atoms with Crippen molar-refractivity contribution in [1.82, 2.24) is 10.2 Å². The number of rotatable bonds is 15. The second kappa shape index (κ2) is 16.1. The minimum atomic E-state index is -4.34. The van der Waals surface area contributed by atoms with Gasteiger partial charge in [0, 0.05) is 25.6 Å². The molecule has 1 atom stereocenters. The van der Waals surface area contributed by atoms with Crippen molar-refractivity contribution in [1.29, 1.82) is 0 Å². The van der Waals surface area contributed by atoms with Crippen molar-refractivity contribution < 1.29 is 31.9 Å². The Labute approximate surface area is 276 Å². The van der Waals surface area contributed by atoms with Crippen LogP contribution in [0.4, 0.5) is 10.1 Å². The zero-order valence-electron chi connectivity index (χ0n) is 26.9. The van der Waals surface area contributed by atoms with Crippen molar-refractivity contribution in [2.75, 3.05) is 31.6 Å². The summed E-state index contributed by atoms with van der Waals surface area (Å²) in [6.45, 7) is 3.62. The van der Waals surface area contributed by atoms with Crippen LogP contribution in [0, 0.1) is 11.7 Å². The highest BCUT2D eigenvalue weighted by atomic mass is 32.2. The first-order chi connectivity index (χ1) is 22.5. The standard InChI is InChI=1S/C36H40FN3O6S/c1-26(2)23-38-36(42)32(21-27-11-7-5-8-12-27)39(24-28-15-17-29(37)18-16-28)35(41)25-40(30-13-9-6-10-14-30)47(43,44)31-19-20-33(45-3)34(22-31)46-4/h5-20,22,26,32H,21,23-25H2,1-4H3,(H,38,42)/t32-/m0/s1. The second-order valence-electron chi connectivity index (χ2n) is 11.4. The van der Waals surface area contributed by atoms with Crippen molar-refractivity contribution in [2.45, 2.75) is 37.8 Å². The third kappa shape index (κ3) is 9.10. The van der Waals surface area contributed by atoms with Gasteiger partial charge < -0.3 is 19.7 Å². The molecule has 0 radical (unpaired) electrons. The molecule has 0 heterocycles. The molecule has 248 valence electrons. The fraction of sp³-hybridized carbons (Fsp3) is 0.278. The number of nitrogens with zero attached hydrogens (tertiary/aromatic N) is 2. The smallest absolute Gasteiger partial charge is 0.264 e. The lowest BCUT2D eigenvalue weighted by Crippen LogP contribution is -2.53. The van der Waals surface area contributed by atoms with Crippen LogP contribution in [0.2, 0.25) is 0 Å². The Morgan fingerprint density at radius 2 is 1.43 bits per heavy atom. The first-order valence-corrected chi connectivity index (χ1v) is 16.6. The number of sulfonamides is 1. The minimum Gasteiger partial charge on any atom is -0.493 e. The van der Waals surface area contributed by atoms with Crippen LogP contribution in [-0.2, 0) is 32.6 Å². The lowest BCUT2D eigenvalue weighted by atomic mass is 10.0. The van der Waals surface area contributed by atoms with Gasteiger partial charge in [0.1, 0.15) is 18.4 Å². The number of para-hydroxylation sites is 1. The van der Waals surface area contributed by atoms with Gasteiger partial charge in [-0.2, -0.15) is 0 Å². The summed E-state index contributed by atoms with van der Waals surface area (Å²) in [7, 11) is -1.50. The number of halogens is 1. The Kier molecular flexibility index (Phi) is 12.0. The van der Waals surface area contributed by atoms with Crippen molar-refractivity contribution in [3.05, 3.63) is 120 Å². The Balaban J connectivity index is 1.80. The van der Waals surface area contributed by atoms with Crippen molar-refractivity contribution in [3.63, 3.8) is 0 Å². The van der Waals surface area contributed by atoms with Crippen LogP contribution in [0.3, 0.4) is 0 Å². The summed E-state index contributed by atoms with van der Waals surface area (Å²) in [6, 6.07) is 26.4. The summed E-state index contributed by atoms with van der Waals surface area (Å²) in [5.41, 5.74) is 1.64. The van der Waals surface area contributed by atoms with E-state index in [2.05, 4.69) is 5.32 Å². The van der Waals surface area contributed by atoms with Crippen LogP contribution < -0.4 is 19.1 Å². The number of carbonyl (C=O) groups is 2. The lowest BCUT2D eigenvalue weighted by molar-refractivity contribution is -0.140. The summed E-state index contributed by atoms with van der Waals surface area (Å²) in [5.74, 6) is -0.753. The molecule has 1 N–H and O–H groups in total. The second-order valence-corrected chi connectivity index (χ2v) is 13.2. The molecule has 0 fully saturated rings. The van der Waals surface area contributed by atoms with E-state index < -0.39 is 34.3 Å². The fourth-order valence-corrected chi connectivity index (χ4v) is 6.42. The highest BCUT2D eigenvalue weighted by molar-refractivity contribution is 7.92. The number of anilines is 1. The van der Waals surface area contributed by atoms with Gasteiger partial charge in [-0.1, -0.05) is 74.5 Å². The summed E-state index contributed by atoms with van der Waals surface area (Å²) < 4.78 is 54.0. The van der Waals surface area contributed by atoms with Crippen LogP contribution in [0.15, 0.2) is 108 Å². The van der Waals surface area contributed by atoms with Gasteiger partial charge in [-0.05, 0) is 53.4 Å². The van der Waals surface area contributed by atoms with E-state index in [1.165, 1.54) is 61.6 Å². The predicted molar refractivity (Wildman–Crippen MR) is 179 cm³/mol. The molecule has 0 aliphatic rings. The van der Waals surface area contributed by atoms with Gasteiger partial charge in [0.15, 0.2) is 11.5 Å². The molecule has 4 aromatic rings. The monoisotopic (exact) mass is 661 g/mol. The SMILES string of the molecule is COc1ccc(S(=O)(=O)N(CC(=O)N(Cc2ccc(F)cc2)[C@@H](Cc2ccccc2)C(=O)NCC(C)C)c2ccccc2)cc1OC. The van der Waals surface area contributed by atoms with E-state index in [9.17, 15) is 22.4 Å². The molecule has 11 heteroatoms. The van der Waals surface area contributed by atoms with Crippen LogP contribution in [0.1, 0.15) is 25.0 Å². The highest BCUT2D eigenvalue weighted by Gasteiger charge is 2.35. The lowest BCUT2D eigenvalue weighted by Gasteiger charge is -2.34. The van der Waals surface area contributed by atoms with E-state index in [-0.39, 0.29) is 41.1 Å². The molecule has 0 aliphatic heterocycles. The van der Waals surface area contributed by atoms with Gasteiger partial charge in [0.25, 0.3) is 10.0 Å². The van der Waals surface area contributed by atoms with Gasteiger partial charge in [-0.25, -0.2) is 12.8 Å². The molecule has 0 aliphatic carbocycles. The summed E-state index contributed by atoms with van der Waals surface area (Å²) in [6.07, 6.45) is 0.172. The summed E-state index contributed by atoms with van der Waals surface area (Å²) >= 11 is 0. The number of ether oxygens (including phenoxy) is 2. The molecule has 47 heavy (non-hydrogen) atoms. The molecule has 9 nitrogen and oxygen atoms in total. The minimum absolute atomic E-state index is 0.0647. The van der Waals surface area contributed by atoms with E-state index in [1.807, 2.05) is 44.2 Å². The maximum absolute atomic E-state index is 14.5. The Morgan fingerprint density at radius 3 is 2.02 bits per heavy atom. The van der Waals surface area contributed by atoms with Gasteiger partial charge in [0.05, 0.1) is 24.8 Å². The van der Waals surface area contributed by atoms with Crippen LogP contribution in [-0.4, -0.2) is 58.5 Å².